The summed E-state index contributed by atoms with van der Waals surface area (Å²) < 4.78 is 5.30. The Bertz CT molecular complexity index is 763. The zero-order chi connectivity index (χ0) is 16.9. The van der Waals surface area contributed by atoms with Crippen LogP contribution in [0.25, 0.3) is 0 Å². The molecule has 2 aromatic carbocycles. The van der Waals surface area contributed by atoms with Gasteiger partial charge in [0.2, 0.25) is 0 Å². The number of anilines is 1. The molecule has 1 atom stereocenters. The maximum Gasteiger partial charge on any atom is 0.336 e. The fourth-order valence-corrected chi connectivity index (χ4v) is 3.02. The number of esters is 1. The van der Waals surface area contributed by atoms with E-state index in [1.807, 2.05) is 78.7 Å². The number of ether oxygens (including phenoxy) is 1. The highest BCUT2D eigenvalue weighted by Crippen LogP contribution is 2.37. The molecule has 3 heteroatoms. The predicted molar refractivity (Wildman–Crippen MR) is 96.6 cm³/mol. The van der Waals surface area contributed by atoms with E-state index >= 15 is 0 Å². The summed E-state index contributed by atoms with van der Waals surface area (Å²) in [5.74, 6) is -0.343. The Kier molecular flexibility index (Phi) is 4.80. The Morgan fingerprint density at radius 2 is 1.62 bits per heavy atom. The average molecular weight is 319 g/mol. The summed E-state index contributed by atoms with van der Waals surface area (Å²) in [5, 5.41) is 0. The summed E-state index contributed by atoms with van der Waals surface area (Å²) in [7, 11) is 0. The quantitative estimate of drug-likeness (QED) is 0.769. The smallest absolute Gasteiger partial charge is 0.336 e. The minimum absolute atomic E-state index is 0.0785. The highest BCUT2D eigenvalue weighted by Gasteiger charge is 2.29. The van der Waals surface area contributed by atoms with Crippen molar-refractivity contribution >= 4 is 11.7 Å². The fourth-order valence-electron chi connectivity index (χ4n) is 3.02. The third-order valence-electron chi connectivity index (χ3n) is 4.09. The Hall–Kier alpha value is -2.81. The molecule has 1 unspecified atom stereocenters. The molecule has 3 rings (SSSR count). The largest absolute Gasteiger partial charge is 0.463 e. The summed E-state index contributed by atoms with van der Waals surface area (Å²) in [6.45, 7) is 4.25. The second-order valence-electron chi connectivity index (χ2n) is 5.76. The van der Waals surface area contributed by atoms with Crippen molar-refractivity contribution < 1.29 is 9.53 Å². The Morgan fingerprint density at radius 3 is 2.25 bits per heavy atom. The summed E-state index contributed by atoms with van der Waals surface area (Å²) in [6, 6.07) is 20.1. The van der Waals surface area contributed by atoms with Crippen molar-refractivity contribution in [3.05, 3.63) is 89.8 Å². The van der Waals surface area contributed by atoms with Crippen LogP contribution in [0.2, 0.25) is 0 Å². The van der Waals surface area contributed by atoms with Gasteiger partial charge in [0.25, 0.3) is 0 Å². The first-order valence-corrected chi connectivity index (χ1v) is 8.16. The van der Waals surface area contributed by atoms with Crippen molar-refractivity contribution in [2.24, 2.45) is 0 Å². The standard InChI is InChI=1S/C21H21NO2/c1-3-24-21(23)19-15-22(18-12-8-5-9-13-18)14-16(2)20(19)17-10-6-4-7-11-17/h4-15,20H,3H2,1-2H3. The Labute approximate surface area is 142 Å². The third kappa shape index (κ3) is 3.25. The van der Waals surface area contributed by atoms with E-state index in [0.29, 0.717) is 12.2 Å². The maximum absolute atomic E-state index is 12.6. The summed E-state index contributed by atoms with van der Waals surface area (Å²) in [6.07, 6.45) is 3.97. The lowest BCUT2D eigenvalue weighted by molar-refractivity contribution is -0.138. The Balaban J connectivity index is 2.04. The second kappa shape index (κ2) is 7.18. The molecule has 0 amide bonds. The molecule has 0 saturated carbocycles. The number of carbonyl (C=O) groups is 1. The number of hydrogen-bond donors (Lipinski definition) is 0. The molecule has 3 nitrogen and oxygen atoms in total. The predicted octanol–water partition coefficient (Wildman–Crippen LogP) is 4.64. The molecule has 0 saturated heterocycles. The molecule has 0 aliphatic carbocycles. The SMILES string of the molecule is CCOC(=O)C1=CN(c2ccccc2)C=C(C)C1c1ccccc1. The van der Waals surface area contributed by atoms with Gasteiger partial charge in [0.05, 0.1) is 12.2 Å². The van der Waals surface area contributed by atoms with Crippen molar-refractivity contribution in [2.45, 2.75) is 19.8 Å². The molecule has 1 heterocycles. The number of nitrogens with zero attached hydrogens (tertiary/aromatic N) is 1. The molecule has 1 aliphatic heterocycles. The van der Waals surface area contributed by atoms with Gasteiger partial charge < -0.3 is 9.64 Å². The number of rotatable bonds is 4. The highest BCUT2D eigenvalue weighted by atomic mass is 16.5. The number of benzene rings is 2. The van der Waals surface area contributed by atoms with Gasteiger partial charge in [-0.15, -0.1) is 0 Å². The molecule has 1 aliphatic rings. The van der Waals surface area contributed by atoms with Crippen LogP contribution in [-0.2, 0) is 9.53 Å². The van der Waals surface area contributed by atoms with Crippen LogP contribution in [0.15, 0.2) is 84.2 Å². The van der Waals surface area contributed by atoms with Gasteiger partial charge in [0.15, 0.2) is 0 Å². The van der Waals surface area contributed by atoms with Gasteiger partial charge in [0, 0.05) is 24.0 Å². The fraction of sp³-hybridized carbons (Fsp3) is 0.190. The Morgan fingerprint density at radius 1 is 1.00 bits per heavy atom. The van der Waals surface area contributed by atoms with Crippen LogP contribution in [-0.4, -0.2) is 12.6 Å². The van der Waals surface area contributed by atoms with E-state index in [1.54, 1.807) is 0 Å². The lowest BCUT2D eigenvalue weighted by Gasteiger charge is -2.30. The molecule has 122 valence electrons. The van der Waals surface area contributed by atoms with Gasteiger partial charge in [-0.2, -0.15) is 0 Å². The zero-order valence-corrected chi connectivity index (χ0v) is 14.0. The van der Waals surface area contributed by atoms with Gasteiger partial charge >= 0.3 is 5.97 Å². The average Bonchev–Trinajstić information content (AvgIpc) is 2.62. The summed E-state index contributed by atoms with van der Waals surface area (Å²) in [4.78, 5) is 14.5. The first kappa shape index (κ1) is 16.1. The van der Waals surface area contributed by atoms with Crippen LogP contribution in [0.4, 0.5) is 5.69 Å². The van der Waals surface area contributed by atoms with Gasteiger partial charge in [-0.1, -0.05) is 48.5 Å². The molecular weight excluding hydrogens is 298 g/mol. The number of allylic oxidation sites excluding steroid dienone is 1. The van der Waals surface area contributed by atoms with E-state index in [1.165, 1.54) is 0 Å². The second-order valence-corrected chi connectivity index (χ2v) is 5.76. The lowest BCUT2D eigenvalue weighted by atomic mass is 9.84. The number of para-hydroxylation sites is 1. The molecule has 0 N–H and O–H groups in total. The van der Waals surface area contributed by atoms with E-state index in [-0.39, 0.29) is 11.9 Å². The minimum atomic E-state index is -0.264. The number of carbonyl (C=O) groups excluding carboxylic acids is 1. The van der Waals surface area contributed by atoms with Crippen LogP contribution in [0.1, 0.15) is 25.3 Å². The van der Waals surface area contributed by atoms with Crippen molar-refractivity contribution in [1.29, 1.82) is 0 Å². The summed E-state index contributed by atoms with van der Waals surface area (Å²) in [5.41, 5.74) is 3.88. The number of hydrogen-bond acceptors (Lipinski definition) is 3. The van der Waals surface area contributed by atoms with Crippen LogP contribution >= 0.6 is 0 Å². The molecule has 0 bridgehead atoms. The molecule has 0 aromatic heterocycles. The van der Waals surface area contributed by atoms with Gasteiger partial charge in [0.1, 0.15) is 0 Å². The van der Waals surface area contributed by atoms with E-state index in [2.05, 4.69) is 13.1 Å². The van der Waals surface area contributed by atoms with Crippen molar-refractivity contribution in [3.63, 3.8) is 0 Å². The molecular formula is C21H21NO2. The van der Waals surface area contributed by atoms with Crippen molar-refractivity contribution in [3.8, 4) is 0 Å². The van der Waals surface area contributed by atoms with Crippen molar-refractivity contribution in [2.75, 3.05) is 11.5 Å². The topological polar surface area (TPSA) is 29.5 Å². The van der Waals surface area contributed by atoms with Gasteiger partial charge in [-0.3, -0.25) is 0 Å². The van der Waals surface area contributed by atoms with E-state index in [0.717, 1.165) is 16.8 Å². The van der Waals surface area contributed by atoms with Gasteiger partial charge in [-0.25, -0.2) is 4.79 Å². The zero-order valence-electron chi connectivity index (χ0n) is 14.0. The van der Waals surface area contributed by atoms with Crippen LogP contribution in [0.5, 0.6) is 0 Å². The molecule has 2 aromatic rings. The van der Waals surface area contributed by atoms with E-state index in [4.69, 9.17) is 4.74 Å². The third-order valence-corrected chi connectivity index (χ3v) is 4.09. The van der Waals surface area contributed by atoms with Crippen LogP contribution in [0, 0.1) is 0 Å². The first-order valence-electron chi connectivity index (χ1n) is 8.16. The van der Waals surface area contributed by atoms with Gasteiger partial charge in [-0.05, 0) is 37.1 Å². The first-order chi connectivity index (χ1) is 11.7. The van der Waals surface area contributed by atoms with E-state index < -0.39 is 0 Å². The minimum Gasteiger partial charge on any atom is -0.463 e. The summed E-state index contributed by atoms with van der Waals surface area (Å²) >= 11 is 0. The van der Waals surface area contributed by atoms with E-state index in [9.17, 15) is 4.79 Å². The normalized spacial score (nSPS) is 17.1. The van der Waals surface area contributed by atoms with Crippen molar-refractivity contribution in [1.82, 2.24) is 0 Å². The maximum atomic E-state index is 12.6. The molecule has 0 radical (unpaired) electrons. The van der Waals surface area contributed by atoms with Crippen LogP contribution < -0.4 is 4.90 Å². The lowest BCUT2D eigenvalue weighted by Crippen LogP contribution is -2.24. The monoisotopic (exact) mass is 319 g/mol. The molecule has 0 spiro atoms. The molecule has 0 fully saturated rings. The van der Waals surface area contributed by atoms with Crippen LogP contribution in [0.3, 0.4) is 0 Å². The molecule has 24 heavy (non-hydrogen) atoms. The highest BCUT2D eigenvalue weighted by molar-refractivity contribution is 5.92.